The minimum absolute atomic E-state index is 0.0405. The Kier molecular flexibility index (Phi) is 7.94. The third-order valence-electron chi connectivity index (χ3n) is 5.34. The van der Waals surface area contributed by atoms with E-state index in [1.165, 1.54) is 48.5 Å². The molecule has 0 bridgehead atoms. The van der Waals surface area contributed by atoms with Crippen molar-refractivity contribution in [3.8, 4) is 5.75 Å². The van der Waals surface area contributed by atoms with E-state index in [1.807, 2.05) is 0 Å². The number of methoxy groups -OCH3 is 1. The van der Waals surface area contributed by atoms with Crippen LogP contribution in [0.15, 0.2) is 95.9 Å². The molecule has 8 nitrogen and oxygen atoms in total. The second-order valence-corrected chi connectivity index (χ2v) is 10.1. The molecule has 0 unspecified atom stereocenters. The number of amides is 2. The Morgan fingerprint density at radius 1 is 0.763 bits per heavy atom. The maximum Gasteiger partial charge on any atom is 0.261 e. The van der Waals surface area contributed by atoms with Gasteiger partial charge >= 0.3 is 0 Å². The first-order valence-electron chi connectivity index (χ1n) is 11.1. The number of rotatable bonds is 8. The largest absolute Gasteiger partial charge is 0.497 e. The van der Waals surface area contributed by atoms with Crippen LogP contribution in [0.5, 0.6) is 5.75 Å². The van der Waals surface area contributed by atoms with Crippen molar-refractivity contribution in [1.82, 2.24) is 0 Å². The molecule has 0 saturated heterocycles. The van der Waals surface area contributed by atoms with E-state index in [9.17, 15) is 22.4 Å². The molecular weight excluding hydrogens is 533 g/mol. The average Bonchev–Trinajstić information content (AvgIpc) is 2.90. The predicted molar refractivity (Wildman–Crippen MR) is 144 cm³/mol. The van der Waals surface area contributed by atoms with E-state index < -0.39 is 21.7 Å². The summed E-state index contributed by atoms with van der Waals surface area (Å²) in [5.74, 6) is -0.841. The topological polar surface area (TPSA) is 114 Å². The Balaban J connectivity index is 1.45. The summed E-state index contributed by atoms with van der Waals surface area (Å²) in [5, 5.41) is 5.44. The van der Waals surface area contributed by atoms with Gasteiger partial charge in [-0.3, -0.25) is 14.3 Å². The Morgan fingerprint density at radius 2 is 1.32 bits per heavy atom. The third kappa shape index (κ3) is 6.47. The minimum atomic E-state index is -4.08. The fraction of sp³-hybridized carbons (Fsp3) is 0.0370. The first kappa shape index (κ1) is 26.6. The quantitative estimate of drug-likeness (QED) is 0.255. The van der Waals surface area contributed by atoms with E-state index in [-0.39, 0.29) is 27.1 Å². The molecule has 0 aliphatic rings. The van der Waals surface area contributed by atoms with E-state index in [0.717, 1.165) is 18.2 Å². The first-order valence-corrected chi connectivity index (χ1v) is 13.0. The fourth-order valence-electron chi connectivity index (χ4n) is 3.36. The summed E-state index contributed by atoms with van der Waals surface area (Å²) in [4.78, 5) is 25.2. The van der Waals surface area contributed by atoms with E-state index in [0.29, 0.717) is 22.7 Å². The summed E-state index contributed by atoms with van der Waals surface area (Å²) in [6, 6.07) is 21.5. The van der Waals surface area contributed by atoms with Gasteiger partial charge in [-0.25, -0.2) is 12.8 Å². The lowest BCUT2D eigenvalue weighted by Gasteiger charge is -2.12. The van der Waals surface area contributed by atoms with Crippen molar-refractivity contribution in [2.75, 3.05) is 22.5 Å². The van der Waals surface area contributed by atoms with Gasteiger partial charge in [0, 0.05) is 22.6 Å². The maximum absolute atomic E-state index is 13.1. The monoisotopic (exact) mass is 553 g/mol. The summed E-state index contributed by atoms with van der Waals surface area (Å²) in [6.45, 7) is 0. The van der Waals surface area contributed by atoms with Crippen molar-refractivity contribution in [3.05, 3.63) is 113 Å². The Hall–Kier alpha value is -4.41. The normalized spacial score (nSPS) is 10.9. The summed E-state index contributed by atoms with van der Waals surface area (Å²) >= 11 is 6.17. The summed E-state index contributed by atoms with van der Waals surface area (Å²) in [6.07, 6.45) is 0. The van der Waals surface area contributed by atoms with Crippen molar-refractivity contribution < 1.29 is 27.1 Å². The third-order valence-corrected chi connectivity index (χ3v) is 7.05. The molecule has 2 amide bonds. The lowest BCUT2D eigenvalue weighted by atomic mass is 10.1. The lowest BCUT2D eigenvalue weighted by molar-refractivity contribution is 0.102. The predicted octanol–water partition coefficient (Wildman–Crippen LogP) is 5.79. The summed E-state index contributed by atoms with van der Waals surface area (Å²) < 4.78 is 46.1. The van der Waals surface area contributed by atoms with E-state index >= 15 is 0 Å². The van der Waals surface area contributed by atoms with Gasteiger partial charge in [0.1, 0.15) is 11.6 Å². The molecule has 0 aliphatic heterocycles. The van der Waals surface area contributed by atoms with Crippen LogP contribution in [0.25, 0.3) is 0 Å². The first-order chi connectivity index (χ1) is 18.1. The highest BCUT2D eigenvalue weighted by molar-refractivity contribution is 7.92. The number of carbonyl (C=O) groups is 2. The van der Waals surface area contributed by atoms with Crippen molar-refractivity contribution in [3.63, 3.8) is 0 Å². The van der Waals surface area contributed by atoms with Gasteiger partial charge < -0.3 is 15.4 Å². The van der Waals surface area contributed by atoms with Crippen LogP contribution in [-0.4, -0.2) is 27.3 Å². The number of sulfonamides is 1. The number of hydrogen-bond acceptors (Lipinski definition) is 5. The van der Waals surface area contributed by atoms with Crippen LogP contribution < -0.4 is 20.1 Å². The smallest absolute Gasteiger partial charge is 0.261 e. The molecule has 38 heavy (non-hydrogen) atoms. The van der Waals surface area contributed by atoms with Gasteiger partial charge in [-0.05, 0) is 91.0 Å². The van der Waals surface area contributed by atoms with Crippen LogP contribution in [0, 0.1) is 5.82 Å². The highest BCUT2D eigenvalue weighted by Gasteiger charge is 2.19. The molecule has 0 radical (unpaired) electrons. The second-order valence-electron chi connectivity index (χ2n) is 7.97. The number of halogens is 2. The van der Waals surface area contributed by atoms with E-state index in [1.54, 1.807) is 31.4 Å². The van der Waals surface area contributed by atoms with E-state index in [2.05, 4.69) is 15.4 Å². The fourth-order valence-corrected chi connectivity index (χ4v) is 4.65. The van der Waals surface area contributed by atoms with Gasteiger partial charge in [-0.15, -0.1) is 0 Å². The molecule has 0 aromatic heterocycles. The molecule has 11 heteroatoms. The zero-order valence-corrected chi connectivity index (χ0v) is 21.4. The molecule has 4 aromatic rings. The minimum Gasteiger partial charge on any atom is -0.497 e. The summed E-state index contributed by atoms with van der Waals surface area (Å²) in [7, 11) is -2.53. The zero-order chi connectivity index (χ0) is 27.3. The zero-order valence-electron chi connectivity index (χ0n) is 19.9. The number of ether oxygens (including phenoxy) is 1. The van der Waals surface area contributed by atoms with Crippen LogP contribution in [0.1, 0.15) is 20.7 Å². The number of carbonyl (C=O) groups excluding carboxylic acids is 2. The highest BCUT2D eigenvalue weighted by Crippen LogP contribution is 2.24. The van der Waals surface area contributed by atoms with Crippen LogP contribution in [-0.2, 0) is 10.0 Å². The number of nitrogens with one attached hydrogen (secondary N) is 3. The molecule has 0 saturated carbocycles. The Morgan fingerprint density at radius 3 is 1.92 bits per heavy atom. The van der Waals surface area contributed by atoms with E-state index in [4.69, 9.17) is 16.3 Å². The van der Waals surface area contributed by atoms with Gasteiger partial charge in [0.15, 0.2) is 0 Å². The molecule has 194 valence electrons. The molecule has 4 rings (SSSR count). The Bertz CT molecular complexity index is 1580. The maximum atomic E-state index is 13.1. The molecule has 3 N–H and O–H groups in total. The van der Waals surface area contributed by atoms with Crippen molar-refractivity contribution in [2.45, 2.75) is 4.90 Å². The van der Waals surface area contributed by atoms with Crippen LogP contribution in [0.3, 0.4) is 0 Å². The SMILES string of the molecule is COc1ccc(NC(=O)c2ccc(NC(=O)c3cc(S(=O)(=O)Nc4ccc(F)cc4)ccc3Cl)cc2)cc1. The van der Waals surface area contributed by atoms with Gasteiger partial charge in [-0.1, -0.05) is 11.6 Å². The molecule has 0 spiro atoms. The molecule has 0 aliphatic carbocycles. The van der Waals surface area contributed by atoms with Crippen molar-refractivity contribution in [1.29, 1.82) is 0 Å². The van der Waals surface area contributed by atoms with Crippen LogP contribution in [0.4, 0.5) is 21.5 Å². The van der Waals surface area contributed by atoms with Gasteiger partial charge in [0.05, 0.1) is 22.6 Å². The highest BCUT2D eigenvalue weighted by atomic mass is 35.5. The molecule has 4 aromatic carbocycles. The number of benzene rings is 4. The second kappa shape index (κ2) is 11.3. The Labute approximate surface area is 223 Å². The van der Waals surface area contributed by atoms with Crippen LogP contribution in [0.2, 0.25) is 5.02 Å². The van der Waals surface area contributed by atoms with Crippen molar-refractivity contribution in [2.24, 2.45) is 0 Å². The number of hydrogen-bond donors (Lipinski definition) is 3. The van der Waals surface area contributed by atoms with Gasteiger partial charge in [0.25, 0.3) is 21.8 Å². The summed E-state index contributed by atoms with van der Waals surface area (Å²) in [5.41, 5.74) is 1.39. The van der Waals surface area contributed by atoms with Gasteiger partial charge in [-0.2, -0.15) is 0 Å². The molecule has 0 atom stereocenters. The standard InChI is InChI=1S/C27H21ClFN3O5S/c1-37-22-12-10-20(11-13-22)30-26(33)17-2-6-19(7-3-17)31-27(34)24-16-23(14-15-25(24)28)38(35,36)32-21-8-4-18(29)5-9-21/h2-16,32H,1H3,(H,30,33)(H,31,34). The number of anilines is 3. The van der Waals surface area contributed by atoms with Crippen LogP contribution >= 0.6 is 11.6 Å². The molecule has 0 heterocycles. The average molecular weight is 554 g/mol. The van der Waals surface area contributed by atoms with Crippen molar-refractivity contribution >= 4 is 50.5 Å². The molecule has 0 fully saturated rings. The lowest BCUT2D eigenvalue weighted by Crippen LogP contribution is -2.16. The van der Waals surface area contributed by atoms with Gasteiger partial charge in [0.2, 0.25) is 0 Å². The molecular formula is C27H21ClFN3O5S.